The van der Waals surface area contributed by atoms with Crippen molar-refractivity contribution in [2.45, 2.75) is 142 Å². The lowest BCUT2D eigenvalue weighted by Gasteiger charge is -2.31. The van der Waals surface area contributed by atoms with E-state index in [2.05, 4.69) is 44.7 Å². The molecule has 0 saturated carbocycles. The molecule has 0 aliphatic rings. The quantitative estimate of drug-likeness (QED) is 0.199. The number of hydrogen-bond donors (Lipinski definition) is 0. The second kappa shape index (κ2) is 15.8. The molecule has 0 heterocycles. The van der Waals surface area contributed by atoms with Crippen molar-refractivity contribution in [2.75, 3.05) is 14.2 Å². The first-order valence-corrected chi connectivity index (χ1v) is 13.7. The van der Waals surface area contributed by atoms with Crippen LogP contribution in [0.3, 0.4) is 0 Å². The molecule has 0 aromatic rings. The second-order valence-corrected chi connectivity index (χ2v) is 13.4. The molecule has 0 N–H and O–H groups in total. The Kier molecular flexibility index (Phi) is 15.5. The van der Waals surface area contributed by atoms with E-state index in [0.717, 1.165) is 0 Å². The van der Waals surface area contributed by atoms with Gasteiger partial charge in [0.2, 0.25) is 0 Å². The van der Waals surface area contributed by atoms with E-state index in [0.29, 0.717) is 37.5 Å². The summed E-state index contributed by atoms with van der Waals surface area (Å²) in [7, 11) is 3.19. The third-order valence-electron chi connectivity index (χ3n) is 6.20. The highest BCUT2D eigenvalue weighted by molar-refractivity contribution is 5.10. The Labute approximate surface area is 243 Å². The Morgan fingerprint density at radius 3 is 0.900 bits per heavy atom. The van der Waals surface area contributed by atoms with E-state index in [1.54, 1.807) is 41.9 Å². The lowest BCUT2D eigenvalue weighted by molar-refractivity contribution is 0.000704. The van der Waals surface area contributed by atoms with Gasteiger partial charge in [0.25, 0.3) is 0 Å². The van der Waals surface area contributed by atoms with Crippen molar-refractivity contribution in [1.82, 2.24) is 0 Å². The maximum Gasteiger partial charge on any atom is 0.167 e. The first-order chi connectivity index (χ1) is 18.0. The summed E-state index contributed by atoms with van der Waals surface area (Å²) in [5.41, 5.74) is -4.76. The Bertz CT molecular complexity index is 944. The van der Waals surface area contributed by atoms with E-state index >= 15 is 0 Å². The van der Waals surface area contributed by atoms with Crippen molar-refractivity contribution in [3.8, 4) is 24.3 Å². The molecule has 0 aliphatic carbocycles. The fraction of sp³-hybridized carbons (Fsp3) is 0.867. The molecule has 0 saturated heterocycles. The van der Waals surface area contributed by atoms with Gasteiger partial charge in [-0.3, -0.25) is 0 Å². The predicted molar refractivity (Wildman–Crippen MR) is 156 cm³/mol. The number of azo groups is 2. The first kappa shape index (κ1) is 39.2. The van der Waals surface area contributed by atoms with Gasteiger partial charge in [-0.2, -0.15) is 41.5 Å². The molecule has 10 heteroatoms. The third kappa shape index (κ3) is 15.6. The third-order valence-corrected chi connectivity index (χ3v) is 6.20. The van der Waals surface area contributed by atoms with Gasteiger partial charge in [0.05, 0.1) is 35.5 Å². The van der Waals surface area contributed by atoms with E-state index < -0.39 is 33.4 Å². The molecule has 0 rings (SSSR count). The average molecular weight is 557 g/mol. The summed E-state index contributed by atoms with van der Waals surface area (Å²) in [6.45, 7) is 22.6. The molecule has 0 amide bonds. The largest absolute Gasteiger partial charge is 0.379 e. The summed E-state index contributed by atoms with van der Waals surface area (Å²) in [5, 5.41) is 53.9. The van der Waals surface area contributed by atoms with E-state index in [9.17, 15) is 21.0 Å². The maximum atomic E-state index is 9.43. The van der Waals surface area contributed by atoms with Gasteiger partial charge in [-0.15, -0.1) is 0 Å². The topological polar surface area (TPSA) is 163 Å². The molecule has 0 bridgehead atoms. The lowest BCUT2D eigenvalue weighted by Crippen LogP contribution is -2.37. The number of rotatable bonds is 14. The highest BCUT2D eigenvalue weighted by Crippen LogP contribution is 2.31. The number of hydrogen-bond acceptors (Lipinski definition) is 10. The summed E-state index contributed by atoms with van der Waals surface area (Å²) in [4.78, 5) is 0. The van der Waals surface area contributed by atoms with Gasteiger partial charge in [0.15, 0.2) is 22.2 Å². The Hall–Kier alpha value is -2.92. The lowest BCUT2D eigenvalue weighted by atomic mass is 9.88. The minimum absolute atomic E-state index is 0.368. The van der Waals surface area contributed by atoms with Crippen LogP contribution in [0.5, 0.6) is 0 Å². The summed E-state index contributed by atoms with van der Waals surface area (Å²) in [5.74, 6) is 0.735. The van der Waals surface area contributed by atoms with E-state index in [1.165, 1.54) is 0 Å². The molecule has 0 spiro atoms. The fourth-order valence-electron chi connectivity index (χ4n) is 4.25. The van der Waals surface area contributed by atoms with Gasteiger partial charge in [-0.05, 0) is 80.1 Å². The molecule has 0 radical (unpaired) electrons. The number of nitriles is 4. The fourth-order valence-corrected chi connectivity index (χ4v) is 4.25. The van der Waals surface area contributed by atoms with Gasteiger partial charge in [-0.25, -0.2) is 0 Å². The maximum absolute atomic E-state index is 9.43. The molecular weight excluding hydrogens is 504 g/mol. The summed E-state index contributed by atoms with van der Waals surface area (Å²) in [6.07, 6.45) is 2.06. The summed E-state index contributed by atoms with van der Waals surface area (Å²) >= 11 is 0. The molecule has 40 heavy (non-hydrogen) atoms. The van der Waals surface area contributed by atoms with E-state index in [1.807, 2.05) is 55.4 Å². The van der Waals surface area contributed by atoms with Crippen molar-refractivity contribution in [1.29, 1.82) is 21.0 Å². The van der Waals surface area contributed by atoms with Crippen molar-refractivity contribution >= 4 is 0 Å². The van der Waals surface area contributed by atoms with Crippen LogP contribution in [0, 0.1) is 57.2 Å². The van der Waals surface area contributed by atoms with Gasteiger partial charge >= 0.3 is 0 Å². The zero-order valence-corrected chi connectivity index (χ0v) is 27.4. The zero-order valence-electron chi connectivity index (χ0n) is 27.4. The minimum Gasteiger partial charge on any atom is -0.379 e. The monoisotopic (exact) mass is 556 g/mol. The smallest absolute Gasteiger partial charge is 0.167 e. The van der Waals surface area contributed by atoms with Gasteiger partial charge in [0.1, 0.15) is 0 Å². The Balaban J connectivity index is 0. The van der Waals surface area contributed by atoms with Crippen LogP contribution in [0.1, 0.15) is 109 Å². The number of nitrogens with zero attached hydrogens (tertiary/aromatic N) is 8. The van der Waals surface area contributed by atoms with Gasteiger partial charge in [0, 0.05) is 27.1 Å². The van der Waals surface area contributed by atoms with Crippen LogP contribution >= 0.6 is 0 Å². The molecule has 0 aromatic carbocycles. The van der Waals surface area contributed by atoms with Crippen LogP contribution in [-0.2, 0) is 9.47 Å². The molecule has 4 unspecified atom stereocenters. The molecule has 10 nitrogen and oxygen atoms in total. The van der Waals surface area contributed by atoms with Crippen LogP contribution in [-0.4, -0.2) is 47.6 Å². The summed E-state index contributed by atoms with van der Waals surface area (Å²) in [6, 6.07) is 8.70. The molecule has 0 aliphatic heterocycles. The van der Waals surface area contributed by atoms with E-state index in [4.69, 9.17) is 9.47 Å². The van der Waals surface area contributed by atoms with Gasteiger partial charge in [-0.1, -0.05) is 27.7 Å². The Morgan fingerprint density at radius 2 is 0.725 bits per heavy atom. The molecule has 4 atom stereocenters. The standard InChI is InChI=1S/C16H28N4O2.C14H24N4/c1-13(2,21-7)9-15(5,11-17)19-20-16(6,12-18)10-14(3,4)22-8;1-11(2)7-13(5,9-15)17-18-14(6,10-16)8-12(3)4/h9-10H2,1-8H3;11-12H,7-8H2,1-6H3. The van der Waals surface area contributed by atoms with Crippen molar-refractivity contribution in [2.24, 2.45) is 32.3 Å². The molecular formula is C30H52N8O2. The van der Waals surface area contributed by atoms with Crippen LogP contribution in [0.15, 0.2) is 20.5 Å². The highest BCUT2D eigenvalue weighted by atomic mass is 16.5. The van der Waals surface area contributed by atoms with Crippen LogP contribution in [0.2, 0.25) is 0 Å². The number of methoxy groups -OCH3 is 2. The number of ether oxygens (including phenoxy) is 2. The van der Waals surface area contributed by atoms with E-state index in [-0.39, 0.29) is 0 Å². The summed E-state index contributed by atoms with van der Waals surface area (Å²) < 4.78 is 10.7. The van der Waals surface area contributed by atoms with Crippen LogP contribution in [0.4, 0.5) is 0 Å². The van der Waals surface area contributed by atoms with Crippen molar-refractivity contribution in [3.05, 3.63) is 0 Å². The minimum atomic E-state index is -1.05. The zero-order chi connectivity index (χ0) is 32.1. The second-order valence-electron chi connectivity index (χ2n) is 13.4. The molecule has 0 aromatic heterocycles. The normalized spacial score (nSPS) is 18.3. The SMILES string of the molecule is CC(C)CC(C)(C#N)N=NC(C)(C#N)CC(C)C.COC(C)(C)CC(C)(C#N)N=NC(C)(C#N)CC(C)(C)OC. The van der Waals surface area contributed by atoms with Crippen molar-refractivity contribution in [3.63, 3.8) is 0 Å². The highest BCUT2D eigenvalue weighted by Gasteiger charge is 2.37. The predicted octanol–water partition coefficient (Wildman–Crippen LogP) is 7.73. The molecule has 224 valence electrons. The van der Waals surface area contributed by atoms with Gasteiger partial charge < -0.3 is 9.47 Å². The van der Waals surface area contributed by atoms with Crippen LogP contribution < -0.4 is 0 Å². The van der Waals surface area contributed by atoms with Crippen molar-refractivity contribution < 1.29 is 9.47 Å². The van der Waals surface area contributed by atoms with Crippen LogP contribution in [0.25, 0.3) is 0 Å². The Morgan fingerprint density at radius 1 is 0.500 bits per heavy atom. The average Bonchev–Trinajstić information content (AvgIpc) is 2.85. The molecule has 0 fully saturated rings. The first-order valence-electron chi connectivity index (χ1n) is 13.7.